The van der Waals surface area contributed by atoms with Crippen LogP contribution >= 0.6 is 27.2 Å². The normalized spacial score (nSPS) is 24.9. The van der Waals surface area contributed by atoms with Crippen molar-refractivity contribution in [1.29, 1.82) is 0 Å². The number of hydrogen-bond donors (Lipinski definition) is 3. The number of halogens is 2. The van der Waals surface area contributed by atoms with Gasteiger partial charge < -0.3 is 38.8 Å². The summed E-state index contributed by atoms with van der Waals surface area (Å²) in [5.41, 5.74) is 5.49. The van der Waals surface area contributed by atoms with Gasteiger partial charge in [-0.1, -0.05) is 12.1 Å². The minimum Gasteiger partial charge on any atom is -0.497 e. The number of anilines is 1. The smallest absolute Gasteiger partial charge is 0.472 e. The Hall–Kier alpha value is -5.16. The Bertz CT molecular complexity index is 2500. The number of phosphoric ester groups is 1. The number of fused-ring (bicyclic) bond motifs is 1. The fraction of sp³-hybridized carbons (Fsp3) is 0.343. The maximum Gasteiger partial charge on any atom is 0.472 e. The number of ether oxygens (including phenoxy) is 5. The van der Waals surface area contributed by atoms with Crippen LogP contribution in [0.15, 0.2) is 83.0 Å². The van der Waals surface area contributed by atoms with Crippen molar-refractivity contribution in [3.8, 4) is 11.5 Å². The Balaban J connectivity index is 0.960. The number of hydrogen-bond acceptors (Lipinski definition) is 18. The second kappa shape index (κ2) is 19.3. The molecular formula is C35H35F2N7O14P2S. The van der Waals surface area contributed by atoms with E-state index in [1.165, 1.54) is 29.4 Å². The Labute approximate surface area is 348 Å². The first kappa shape index (κ1) is 43.9. The highest BCUT2D eigenvalue weighted by Gasteiger charge is 2.52. The zero-order valence-electron chi connectivity index (χ0n) is 31.4. The number of carbonyl (C=O) groups is 2. The van der Waals surface area contributed by atoms with Crippen LogP contribution < -0.4 is 26.5 Å². The van der Waals surface area contributed by atoms with E-state index in [2.05, 4.69) is 15.0 Å². The Morgan fingerprint density at radius 3 is 2.44 bits per heavy atom. The predicted octanol–water partition coefficient (Wildman–Crippen LogP) is 3.16. The van der Waals surface area contributed by atoms with Gasteiger partial charge in [0.2, 0.25) is 0 Å². The molecule has 0 aliphatic carbocycles. The van der Waals surface area contributed by atoms with Crippen molar-refractivity contribution in [3.05, 3.63) is 105 Å². The standard InChI is InChI=1S/C35H35F2N7O14P2S/c1-51-20-8-4-19(5-9-20)34(47)55-21-6-2-18(3-7-21)14-61-59-53-12-23-28(26(37)32(57-23)43-11-10-24(46)42-35(43)48)58-60(49,50)54-13-22-25(36)29(52-17-45)33(56-22)44-16-41-27-30(38)39-15-40-31(27)44/h2-11,15-17,22-23,25-26,28-29,32-33,59H,12-14H2,1H3,(H,49,50)(H2,38,39,40)(H,42,46,48)/t22-,23-,25-,26-,28-,29-,32-,33-/m1/s1. The summed E-state index contributed by atoms with van der Waals surface area (Å²) in [5.74, 6) is 0.825. The molecule has 2 aliphatic rings. The second-order valence-electron chi connectivity index (χ2n) is 13.1. The van der Waals surface area contributed by atoms with Crippen molar-refractivity contribution in [1.82, 2.24) is 29.1 Å². The van der Waals surface area contributed by atoms with Gasteiger partial charge in [0.25, 0.3) is 12.0 Å². The molecule has 7 rings (SSSR count). The number of rotatable bonds is 18. The number of phosphoric acid groups is 1. The maximum absolute atomic E-state index is 16.1. The number of benzene rings is 2. The first-order chi connectivity index (χ1) is 29.3. The predicted molar refractivity (Wildman–Crippen MR) is 210 cm³/mol. The molecule has 2 aliphatic heterocycles. The number of nitrogen functional groups attached to an aromatic ring is 1. The van der Waals surface area contributed by atoms with Crippen LogP contribution in [0.5, 0.6) is 11.5 Å². The van der Waals surface area contributed by atoms with Gasteiger partial charge in [-0.25, -0.2) is 37.9 Å². The summed E-state index contributed by atoms with van der Waals surface area (Å²) in [5, 5.41) is 0. The number of aromatic nitrogens is 6. The molecule has 61 heavy (non-hydrogen) atoms. The van der Waals surface area contributed by atoms with Crippen LogP contribution in [-0.4, -0.2) is 103 Å². The van der Waals surface area contributed by atoms with Crippen LogP contribution in [0.3, 0.4) is 0 Å². The van der Waals surface area contributed by atoms with Crippen LogP contribution in [0.25, 0.3) is 11.2 Å². The SMILES string of the molecule is COc1ccc(C(=O)Oc2ccc(CSPOC[C@H]3O[C@@H](n4ccc(=O)[nH]c4=O)[C@H](F)[C@@H]3OP(=O)(O)OC[C@H]3O[C@@H](n4cnc5c(N)ncnc54)[C@H](OC=O)[C@@H]3F)cc2)cc1. The van der Waals surface area contributed by atoms with Crippen molar-refractivity contribution in [3.63, 3.8) is 0 Å². The molecule has 2 unspecified atom stereocenters. The Kier molecular flexibility index (Phi) is 13.9. The monoisotopic (exact) mass is 909 g/mol. The number of esters is 1. The number of aromatic amines is 1. The molecule has 26 heteroatoms. The molecule has 0 bridgehead atoms. The zero-order chi connectivity index (χ0) is 43.3. The third-order valence-corrected chi connectivity index (χ3v) is 12.3. The molecule has 5 heterocycles. The summed E-state index contributed by atoms with van der Waals surface area (Å²) >= 11 is 1.32. The molecule has 2 fully saturated rings. The van der Waals surface area contributed by atoms with E-state index in [0.717, 1.165) is 28.7 Å². The summed E-state index contributed by atoms with van der Waals surface area (Å²) < 4.78 is 90.0. The summed E-state index contributed by atoms with van der Waals surface area (Å²) in [6, 6.07) is 14.1. The van der Waals surface area contributed by atoms with Gasteiger partial charge in [0.05, 0.1) is 40.2 Å². The summed E-state index contributed by atoms with van der Waals surface area (Å²) in [6.45, 7) is -1.36. The maximum atomic E-state index is 16.1. The molecule has 0 amide bonds. The number of alkyl halides is 2. The summed E-state index contributed by atoms with van der Waals surface area (Å²) in [4.78, 5) is 72.7. The minimum atomic E-state index is -5.29. The molecule has 5 aromatic rings. The molecule has 0 radical (unpaired) electrons. The number of H-pyrrole nitrogens is 1. The highest BCUT2D eigenvalue weighted by molar-refractivity contribution is 8.47. The number of nitrogens with zero attached hydrogens (tertiary/aromatic N) is 5. The Morgan fingerprint density at radius 2 is 1.72 bits per heavy atom. The number of imidazole rings is 1. The minimum absolute atomic E-state index is 0.00441. The van der Waals surface area contributed by atoms with E-state index in [1.54, 1.807) is 48.5 Å². The molecule has 10 atom stereocenters. The van der Waals surface area contributed by atoms with Gasteiger partial charge >= 0.3 is 19.5 Å². The molecule has 2 aromatic carbocycles. The largest absolute Gasteiger partial charge is 0.497 e. The fourth-order valence-electron chi connectivity index (χ4n) is 6.29. The molecule has 3 aromatic heterocycles. The lowest BCUT2D eigenvalue weighted by Crippen LogP contribution is -2.36. The highest BCUT2D eigenvalue weighted by Crippen LogP contribution is 2.50. The van der Waals surface area contributed by atoms with E-state index in [1.807, 2.05) is 4.98 Å². The molecule has 4 N–H and O–H groups in total. The second-order valence-corrected chi connectivity index (χ2v) is 16.9. The number of nitrogens with one attached hydrogen (secondary N) is 1. The third kappa shape index (κ3) is 10.1. The molecule has 21 nitrogen and oxygen atoms in total. The fourth-order valence-corrected chi connectivity index (χ4v) is 9.11. The van der Waals surface area contributed by atoms with E-state index >= 15 is 8.78 Å². The first-order valence-corrected chi connectivity index (χ1v) is 22.0. The van der Waals surface area contributed by atoms with Gasteiger partial charge in [0.15, 0.2) is 42.4 Å². The van der Waals surface area contributed by atoms with Crippen molar-refractivity contribution in [2.75, 3.05) is 26.1 Å². The van der Waals surface area contributed by atoms with Crippen LogP contribution in [0.1, 0.15) is 28.4 Å². The van der Waals surface area contributed by atoms with E-state index < -0.39 is 87.5 Å². The first-order valence-electron chi connectivity index (χ1n) is 17.9. The van der Waals surface area contributed by atoms with Gasteiger partial charge in [0, 0.05) is 18.0 Å². The molecule has 324 valence electrons. The summed E-state index contributed by atoms with van der Waals surface area (Å²) in [7, 11) is -4.04. The lowest BCUT2D eigenvalue weighted by Gasteiger charge is -2.23. The van der Waals surface area contributed by atoms with Crippen molar-refractivity contribution in [2.45, 2.75) is 55.0 Å². The quantitative estimate of drug-likeness (QED) is 0.0375. The third-order valence-electron chi connectivity index (χ3n) is 9.25. The topological polar surface area (TPSA) is 270 Å². The van der Waals surface area contributed by atoms with Crippen LogP contribution in [0.4, 0.5) is 14.6 Å². The molecule has 2 saturated heterocycles. The molecule has 0 spiro atoms. The number of carbonyl (C=O) groups excluding carboxylic acids is 2. The van der Waals surface area contributed by atoms with Gasteiger partial charge in [-0.15, -0.1) is 11.4 Å². The van der Waals surface area contributed by atoms with Crippen LogP contribution in [-0.2, 0) is 42.9 Å². The summed E-state index contributed by atoms with van der Waals surface area (Å²) in [6.07, 6.45) is -10.8. The van der Waals surface area contributed by atoms with Gasteiger partial charge in [0.1, 0.15) is 41.7 Å². The van der Waals surface area contributed by atoms with Crippen LogP contribution in [0.2, 0.25) is 0 Å². The van der Waals surface area contributed by atoms with E-state index in [-0.39, 0.29) is 31.5 Å². The number of nitrogens with two attached hydrogens (primary N) is 1. The van der Waals surface area contributed by atoms with E-state index in [0.29, 0.717) is 22.8 Å². The average Bonchev–Trinajstić information content (AvgIpc) is 3.91. The van der Waals surface area contributed by atoms with Gasteiger partial charge in [-0.2, -0.15) is 0 Å². The molecular weight excluding hydrogens is 874 g/mol. The van der Waals surface area contributed by atoms with E-state index in [9.17, 15) is 28.6 Å². The zero-order valence-corrected chi connectivity index (χ0v) is 34.1. The van der Waals surface area contributed by atoms with Crippen molar-refractivity contribution >= 4 is 56.6 Å². The number of methoxy groups -OCH3 is 1. The van der Waals surface area contributed by atoms with Gasteiger partial charge in [-0.05, 0) is 42.0 Å². The highest BCUT2D eigenvalue weighted by atomic mass is 32.7. The van der Waals surface area contributed by atoms with Crippen molar-refractivity contribution in [2.24, 2.45) is 0 Å². The van der Waals surface area contributed by atoms with Gasteiger partial charge in [-0.3, -0.25) is 32.8 Å². The van der Waals surface area contributed by atoms with Crippen LogP contribution in [0, 0.1) is 0 Å². The van der Waals surface area contributed by atoms with E-state index in [4.69, 9.17) is 43.0 Å². The Morgan fingerprint density at radius 1 is 0.984 bits per heavy atom. The lowest BCUT2D eigenvalue weighted by atomic mass is 10.1. The average molecular weight is 910 g/mol. The van der Waals surface area contributed by atoms with Crippen molar-refractivity contribution < 1.29 is 65.1 Å². The lowest BCUT2D eigenvalue weighted by molar-refractivity contribution is -0.141. The molecule has 0 saturated carbocycles.